The fraction of sp³-hybridized carbons (Fsp3) is 0.889. The molecule has 0 radical (unpaired) electrons. The van der Waals surface area contributed by atoms with E-state index in [1.54, 1.807) is 6.92 Å². The third-order valence-electron chi connectivity index (χ3n) is 10.8. The van der Waals surface area contributed by atoms with Crippen LogP contribution in [0.2, 0.25) is 0 Å². The first-order valence-electron chi connectivity index (χ1n) is 12.5. The molecule has 0 aromatic heterocycles. The zero-order valence-electron chi connectivity index (χ0n) is 19.4. The number of carbonyl (C=O) groups excluding carboxylic acids is 1. The first-order valence-corrected chi connectivity index (χ1v) is 12.5. The Kier molecular flexibility index (Phi) is 5.82. The number of hydrogen-bond donors (Lipinski definition) is 1. The summed E-state index contributed by atoms with van der Waals surface area (Å²) in [5, 5.41) is 10.9. The van der Waals surface area contributed by atoms with Gasteiger partial charge in [0.05, 0.1) is 6.10 Å². The van der Waals surface area contributed by atoms with Crippen LogP contribution in [-0.4, -0.2) is 17.0 Å². The number of aliphatic hydroxyl groups is 1. The van der Waals surface area contributed by atoms with Crippen molar-refractivity contribution in [2.45, 2.75) is 104 Å². The average molecular weight is 401 g/mol. The molecule has 2 unspecified atom stereocenters. The van der Waals surface area contributed by atoms with Crippen molar-refractivity contribution in [3.63, 3.8) is 0 Å². The average Bonchev–Trinajstić information content (AvgIpc) is 3.03. The van der Waals surface area contributed by atoms with E-state index in [9.17, 15) is 9.90 Å². The smallest absolute Gasteiger partial charge is 0.160 e. The summed E-state index contributed by atoms with van der Waals surface area (Å²) < 4.78 is 0. The molecule has 4 aliphatic carbocycles. The highest BCUT2D eigenvalue weighted by atomic mass is 16.3. The molecule has 4 saturated carbocycles. The van der Waals surface area contributed by atoms with Crippen LogP contribution in [0.25, 0.3) is 0 Å². The highest BCUT2D eigenvalue weighted by molar-refractivity contribution is 5.94. The topological polar surface area (TPSA) is 37.3 Å². The van der Waals surface area contributed by atoms with Crippen molar-refractivity contribution in [2.24, 2.45) is 46.3 Å². The molecule has 0 saturated heterocycles. The van der Waals surface area contributed by atoms with Gasteiger partial charge in [0.1, 0.15) is 0 Å². The molecule has 0 heterocycles. The molecule has 0 spiro atoms. The summed E-state index contributed by atoms with van der Waals surface area (Å²) in [5.41, 5.74) is 1.52. The molecular weight excluding hydrogens is 356 g/mol. The van der Waals surface area contributed by atoms with Crippen LogP contribution in [-0.2, 0) is 4.79 Å². The third kappa shape index (κ3) is 3.46. The van der Waals surface area contributed by atoms with Gasteiger partial charge in [-0.15, -0.1) is 0 Å². The van der Waals surface area contributed by atoms with Crippen molar-refractivity contribution in [2.75, 3.05) is 0 Å². The molecule has 1 N–H and O–H groups in total. The Morgan fingerprint density at radius 2 is 1.72 bits per heavy atom. The Morgan fingerprint density at radius 1 is 1.00 bits per heavy atom. The summed E-state index contributed by atoms with van der Waals surface area (Å²) in [6.45, 7) is 12.9. The van der Waals surface area contributed by atoms with Gasteiger partial charge in [-0.3, -0.25) is 4.79 Å². The Bertz CT molecular complexity index is 653. The van der Waals surface area contributed by atoms with Gasteiger partial charge in [0, 0.05) is 6.42 Å². The lowest BCUT2D eigenvalue weighted by molar-refractivity contribution is -0.123. The van der Waals surface area contributed by atoms with Gasteiger partial charge in [-0.05, 0) is 110 Å². The van der Waals surface area contributed by atoms with Gasteiger partial charge in [-0.25, -0.2) is 0 Å². The second kappa shape index (κ2) is 7.81. The zero-order chi connectivity index (χ0) is 21.0. The standard InChI is InChI=1S/C27H44O2/c1-17(2)24(28)16-25(29)18(3)21-11-12-22-20-10-9-19-8-6-7-14-26(19,4)23(20)13-15-27(21,22)5/h18-23,25,29H,1,6-16H2,2-5H3/t18-,19?,20-,21+,22-,23-,25?,26-,27+/m0/s1. The van der Waals surface area contributed by atoms with Gasteiger partial charge >= 0.3 is 0 Å². The minimum atomic E-state index is -0.524. The van der Waals surface area contributed by atoms with Crippen LogP contribution in [0.1, 0.15) is 98.3 Å². The summed E-state index contributed by atoms with van der Waals surface area (Å²) in [6, 6.07) is 0. The lowest BCUT2D eigenvalue weighted by Crippen LogP contribution is -2.53. The Balaban J connectivity index is 1.50. The highest BCUT2D eigenvalue weighted by Crippen LogP contribution is 2.68. The van der Waals surface area contributed by atoms with Gasteiger partial charge < -0.3 is 5.11 Å². The third-order valence-corrected chi connectivity index (χ3v) is 10.8. The number of allylic oxidation sites excluding steroid dienone is 1. The van der Waals surface area contributed by atoms with Crippen LogP contribution in [0, 0.1) is 46.3 Å². The number of rotatable bonds is 5. The van der Waals surface area contributed by atoms with Crippen LogP contribution < -0.4 is 0 Å². The number of hydrogen-bond acceptors (Lipinski definition) is 2. The number of ketones is 1. The van der Waals surface area contributed by atoms with Crippen molar-refractivity contribution >= 4 is 5.78 Å². The molecule has 4 fully saturated rings. The molecule has 0 aromatic carbocycles. The molecule has 4 aliphatic rings. The van der Waals surface area contributed by atoms with E-state index in [0.717, 1.165) is 23.7 Å². The van der Waals surface area contributed by atoms with Gasteiger partial charge in [0.15, 0.2) is 5.78 Å². The van der Waals surface area contributed by atoms with Crippen molar-refractivity contribution in [1.29, 1.82) is 0 Å². The number of fused-ring (bicyclic) bond motifs is 5. The monoisotopic (exact) mass is 400 g/mol. The Labute approximate surface area is 178 Å². The summed E-state index contributed by atoms with van der Waals surface area (Å²) in [7, 11) is 0. The molecule has 2 nitrogen and oxygen atoms in total. The molecule has 4 rings (SSSR count). The molecule has 9 atom stereocenters. The first-order chi connectivity index (χ1) is 13.7. The summed E-state index contributed by atoms with van der Waals surface area (Å²) in [4.78, 5) is 12.1. The van der Waals surface area contributed by atoms with Crippen LogP contribution in [0.4, 0.5) is 0 Å². The van der Waals surface area contributed by atoms with Crippen molar-refractivity contribution in [1.82, 2.24) is 0 Å². The quantitative estimate of drug-likeness (QED) is 0.530. The number of aliphatic hydroxyl groups excluding tert-OH is 1. The van der Waals surface area contributed by atoms with E-state index < -0.39 is 6.10 Å². The normalized spacial score (nSPS) is 46.2. The van der Waals surface area contributed by atoms with E-state index in [-0.39, 0.29) is 18.1 Å². The lowest BCUT2D eigenvalue weighted by Gasteiger charge is -2.61. The maximum absolute atomic E-state index is 12.1. The first kappa shape index (κ1) is 21.6. The molecule has 0 aromatic rings. The molecule has 0 bridgehead atoms. The van der Waals surface area contributed by atoms with Crippen LogP contribution in [0.15, 0.2) is 12.2 Å². The summed E-state index contributed by atoms with van der Waals surface area (Å²) >= 11 is 0. The molecule has 29 heavy (non-hydrogen) atoms. The van der Waals surface area contributed by atoms with E-state index in [2.05, 4.69) is 27.4 Å². The van der Waals surface area contributed by atoms with Crippen molar-refractivity contribution in [3.05, 3.63) is 12.2 Å². The SMILES string of the molecule is C=C(C)C(=O)CC(O)[C@@H](C)[C@H]1CC[C@H]2[C@@H]3CCC4CCCC[C@]4(C)[C@H]3CC[C@]12C. The molecular formula is C27H44O2. The molecule has 0 amide bonds. The second-order valence-corrected chi connectivity index (χ2v) is 12.0. The van der Waals surface area contributed by atoms with E-state index in [1.165, 1.54) is 64.2 Å². The van der Waals surface area contributed by atoms with Crippen LogP contribution >= 0.6 is 0 Å². The zero-order valence-corrected chi connectivity index (χ0v) is 19.4. The Hall–Kier alpha value is -0.630. The predicted molar refractivity (Wildman–Crippen MR) is 119 cm³/mol. The van der Waals surface area contributed by atoms with Crippen LogP contribution in [0.5, 0.6) is 0 Å². The van der Waals surface area contributed by atoms with E-state index >= 15 is 0 Å². The molecule has 0 aliphatic heterocycles. The fourth-order valence-electron chi connectivity index (χ4n) is 9.02. The van der Waals surface area contributed by atoms with Gasteiger partial charge in [-0.2, -0.15) is 0 Å². The Morgan fingerprint density at radius 3 is 2.45 bits per heavy atom. The second-order valence-electron chi connectivity index (χ2n) is 12.0. The largest absolute Gasteiger partial charge is 0.392 e. The van der Waals surface area contributed by atoms with Crippen molar-refractivity contribution < 1.29 is 9.90 Å². The lowest BCUT2D eigenvalue weighted by atomic mass is 9.44. The highest BCUT2D eigenvalue weighted by Gasteiger charge is 2.60. The van der Waals surface area contributed by atoms with Gasteiger partial charge in [-0.1, -0.05) is 40.2 Å². The van der Waals surface area contributed by atoms with Crippen molar-refractivity contribution in [3.8, 4) is 0 Å². The minimum absolute atomic E-state index is 0.0244. The van der Waals surface area contributed by atoms with E-state index in [1.807, 2.05) is 0 Å². The maximum Gasteiger partial charge on any atom is 0.160 e. The predicted octanol–water partition coefficient (Wildman–Crippen LogP) is 6.57. The fourth-order valence-corrected chi connectivity index (χ4v) is 9.02. The van der Waals surface area contributed by atoms with Gasteiger partial charge in [0.25, 0.3) is 0 Å². The van der Waals surface area contributed by atoms with E-state index in [4.69, 9.17) is 0 Å². The molecule has 164 valence electrons. The van der Waals surface area contributed by atoms with Gasteiger partial charge in [0.2, 0.25) is 0 Å². The van der Waals surface area contributed by atoms with E-state index in [0.29, 0.717) is 22.3 Å². The maximum atomic E-state index is 12.1. The van der Waals surface area contributed by atoms with Crippen LogP contribution in [0.3, 0.4) is 0 Å². The summed E-state index contributed by atoms with van der Waals surface area (Å²) in [5.74, 6) is 4.43. The number of carbonyl (C=O) groups is 1. The minimum Gasteiger partial charge on any atom is -0.392 e. The summed E-state index contributed by atoms with van der Waals surface area (Å²) in [6.07, 6.45) is 13.8. The molecule has 2 heteroatoms. The number of Topliss-reactive ketones (excluding diaryl/α,β-unsaturated/α-hetero) is 1.